The molecule has 0 atom stereocenters. The summed E-state index contributed by atoms with van der Waals surface area (Å²) in [7, 11) is 1.66. The van der Waals surface area contributed by atoms with E-state index in [0.717, 1.165) is 29.2 Å². The van der Waals surface area contributed by atoms with Crippen molar-refractivity contribution in [1.29, 1.82) is 0 Å². The molecule has 7 heteroatoms. The smallest absolute Gasteiger partial charge is 0.124 e. The highest BCUT2D eigenvalue weighted by molar-refractivity contribution is 6.35. The summed E-state index contributed by atoms with van der Waals surface area (Å²) in [6.07, 6.45) is 0. The molecule has 0 aliphatic rings. The first-order valence-corrected chi connectivity index (χ1v) is 9.87. The first-order valence-electron chi connectivity index (χ1n) is 8.74. The molecular formula is C22H21Cl4NO2. The van der Waals surface area contributed by atoms with Crippen LogP contribution in [0.5, 0.6) is 11.5 Å². The zero-order valence-electron chi connectivity index (χ0n) is 15.8. The molecule has 3 aromatic carbocycles. The second-order valence-corrected chi connectivity index (χ2v) is 7.51. The summed E-state index contributed by atoms with van der Waals surface area (Å²) in [6, 6.07) is 18.9. The Labute approximate surface area is 192 Å². The van der Waals surface area contributed by atoms with Gasteiger partial charge in [-0.25, -0.2) is 0 Å². The van der Waals surface area contributed by atoms with E-state index < -0.39 is 0 Å². The molecule has 0 unspecified atom stereocenters. The minimum absolute atomic E-state index is 0. The van der Waals surface area contributed by atoms with Gasteiger partial charge in [-0.3, -0.25) is 0 Å². The van der Waals surface area contributed by atoms with Gasteiger partial charge in [0.25, 0.3) is 0 Å². The number of rotatable bonds is 8. The number of methoxy groups -OCH3 is 1. The fourth-order valence-corrected chi connectivity index (χ4v) is 3.36. The SMILES string of the molecule is COc1ccc(CNCc2cc(Cl)ccc2OCc2ccc(Cl)cc2Cl)cc1.Cl. The van der Waals surface area contributed by atoms with Crippen molar-refractivity contribution in [2.75, 3.05) is 7.11 Å². The van der Waals surface area contributed by atoms with Crippen LogP contribution >= 0.6 is 47.2 Å². The molecule has 0 spiro atoms. The molecule has 0 aromatic heterocycles. The van der Waals surface area contributed by atoms with E-state index in [1.165, 1.54) is 5.56 Å². The number of hydrogen-bond donors (Lipinski definition) is 1. The topological polar surface area (TPSA) is 30.5 Å². The maximum absolute atomic E-state index is 6.23. The molecule has 1 N–H and O–H groups in total. The van der Waals surface area contributed by atoms with E-state index in [0.29, 0.717) is 28.2 Å². The highest BCUT2D eigenvalue weighted by atomic mass is 35.5. The molecule has 0 saturated carbocycles. The minimum atomic E-state index is 0. The average Bonchev–Trinajstić information content (AvgIpc) is 2.69. The highest BCUT2D eigenvalue weighted by Crippen LogP contribution is 2.26. The van der Waals surface area contributed by atoms with Gasteiger partial charge in [-0.2, -0.15) is 0 Å². The molecule has 0 aliphatic carbocycles. The number of halogens is 4. The van der Waals surface area contributed by atoms with Crippen molar-refractivity contribution in [3.05, 3.63) is 92.4 Å². The maximum atomic E-state index is 6.23. The lowest BCUT2D eigenvalue weighted by Crippen LogP contribution is -2.13. The lowest BCUT2D eigenvalue weighted by atomic mass is 10.1. The normalized spacial score (nSPS) is 10.3. The summed E-state index contributed by atoms with van der Waals surface area (Å²) in [6.45, 7) is 1.69. The van der Waals surface area contributed by atoms with E-state index in [1.54, 1.807) is 19.2 Å². The molecule has 0 amide bonds. The molecule has 0 heterocycles. The fraction of sp³-hybridized carbons (Fsp3) is 0.182. The number of ether oxygens (including phenoxy) is 2. The molecule has 29 heavy (non-hydrogen) atoms. The Bertz CT molecular complexity index is 933. The van der Waals surface area contributed by atoms with Crippen molar-refractivity contribution in [3.63, 3.8) is 0 Å². The van der Waals surface area contributed by atoms with Gasteiger partial charge in [-0.05, 0) is 48.0 Å². The molecule has 154 valence electrons. The average molecular weight is 473 g/mol. The van der Waals surface area contributed by atoms with Crippen LogP contribution in [-0.2, 0) is 19.7 Å². The molecule has 3 aromatic rings. The van der Waals surface area contributed by atoms with E-state index in [-0.39, 0.29) is 12.4 Å². The van der Waals surface area contributed by atoms with Crippen LogP contribution in [0.2, 0.25) is 15.1 Å². The zero-order chi connectivity index (χ0) is 19.9. The first-order chi connectivity index (χ1) is 13.5. The van der Waals surface area contributed by atoms with E-state index in [1.807, 2.05) is 48.5 Å². The molecule has 0 radical (unpaired) electrons. The summed E-state index contributed by atoms with van der Waals surface area (Å²) in [4.78, 5) is 0. The Morgan fingerprint density at radius 2 is 1.48 bits per heavy atom. The van der Waals surface area contributed by atoms with Crippen LogP contribution in [0.25, 0.3) is 0 Å². The van der Waals surface area contributed by atoms with Crippen LogP contribution in [0.4, 0.5) is 0 Å². The summed E-state index contributed by atoms with van der Waals surface area (Å²) in [5.41, 5.74) is 3.02. The predicted molar refractivity (Wildman–Crippen MR) is 123 cm³/mol. The molecule has 3 rings (SSSR count). The van der Waals surface area contributed by atoms with Gasteiger partial charge in [0.1, 0.15) is 18.1 Å². The van der Waals surface area contributed by atoms with Gasteiger partial charge in [-0.15, -0.1) is 12.4 Å². The van der Waals surface area contributed by atoms with Gasteiger partial charge in [-0.1, -0.05) is 53.0 Å². The zero-order valence-corrected chi connectivity index (χ0v) is 18.8. The van der Waals surface area contributed by atoms with Gasteiger partial charge >= 0.3 is 0 Å². The van der Waals surface area contributed by atoms with Crippen LogP contribution in [0.3, 0.4) is 0 Å². The summed E-state index contributed by atoms with van der Waals surface area (Å²) >= 11 is 18.3. The van der Waals surface area contributed by atoms with E-state index in [9.17, 15) is 0 Å². The minimum Gasteiger partial charge on any atom is -0.497 e. The van der Waals surface area contributed by atoms with Gasteiger partial charge in [0, 0.05) is 39.3 Å². The third kappa shape index (κ3) is 6.98. The molecule has 0 aliphatic heterocycles. The largest absolute Gasteiger partial charge is 0.497 e. The highest BCUT2D eigenvalue weighted by Gasteiger charge is 2.08. The van der Waals surface area contributed by atoms with Crippen molar-refractivity contribution in [2.45, 2.75) is 19.7 Å². The lowest BCUT2D eigenvalue weighted by molar-refractivity contribution is 0.302. The van der Waals surface area contributed by atoms with Gasteiger partial charge in [0.05, 0.1) is 7.11 Å². The Balaban J connectivity index is 0.00000300. The van der Waals surface area contributed by atoms with Crippen LogP contribution in [0.15, 0.2) is 60.7 Å². The molecule has 3 nitrogen and oxygen atoms in total. The summed E-state index contributed by atoms with van der Waals surface area (Å²) in [5, 5.41) is 5.27. The third-order valence-corrected chi connectivity index (χ3v) is 5.05. The fourth-order valence-electron chi connectivity index (χ4n) is 2.71. The van der Waals surface area contributed by atoms with Crippen molar-refractivity contribution >= 4 is 47.2 Å². The number of benzene rings is 3. The Hall–Kier alpha value is -1.62. The van der Waals surface area contributed by atoms with Crippen LogP contribution < -0.4 is 14.8 Å². The number of nitrogens with one attached hydrogen (secondary N) is 1. The predicted octanol–water partition coefficient (Wildman–Crippen LogP) is 6.95. The van der Waals surface area contributed by atoms with Crippen molar-refractivity contribution in [3.8, 4) is 11.5 Å². The summed E-state index contributed by atoms with van der Waals surface area (Å²) < 4.78 is 11.2. The van der Waals surface area contributed by atoms with Crippen LogP contribution in [0, 0.1) is 0 Å². The molecular weight excluding hydrogens is 452 g/mol. The van der Waals surface area contributed by atoms with E-state index in [2.05, 4.69) is 5.32 Å². The Morgan fingerprint density at radius 1 is 0.793 bits per heavy atom. The van der Waals surface area contributed by atoms with Gasteiger partial charge in [0.15, 0.2) is 0 Å². The second-order valence-electron chi connectivity index (χ2n) is 6.23. The molecule has 0 fully saturated rings. The molecule has 0 saturated heterocycles. The van der Waals surface area contributed by atoms with Crippen LogP contribution in [0.1, 0.15) is 16.7 Å². The second kappa shape index (κ2) is 11.5. The third-order valence-electron chi connectivity index (χ3n) is 4.22. The summed E-state index contributed by atoms with van der Waals surface area (Å²) in [5.74, 6) is 1.60. The van der Waals surface area contributed by atoms with Crippen LogP contribution in [-0.4, -0.2) is 7.11 Å². The lowest BCUT2D eigenvalue weighted by Gasteiger charge is -2.14. The molecule has 0 bridgehead atoms. The standard InChI is InChI=1S/C22H20Cl3NO2.ClH/c1-27-20-7-2-15(3-8-20)12-26-13-17-10-18(23)6-9-22(17)28-14-16-4-5-19(24)11-21(16)25;/h2-11,26H,12-14H2,1H3;1H. The van der Waals surface area contributed by atoms with Gasteiger partial charge in [0.2, 0.25) is 0 Å². The number of hydrogen-bond acceptors (Lipinski definition) is 3. The van der Waals surface area contributed by atoms with Crippen molar-refractivity contribution < 1.29 is 9.47 Å². The Kier molecular flexibility index (Phi) is 9.41. The van der Waals surface area contributed by atoms with Crippen molar-refractivity contribution in [2.24, 2.45) is 0 Å². The van der Waals surface area contributed by atoms with Crippen molar-refractivity contribution in [1.82, 2.24) is 5.32 Å². The quantitative estimate of drug-likeness (QED) is 0.384. The maximum Gasteiger partial charge on any atom is 0.124 e. The van der Waals surface area contributed by atoms with E-state index in [4.69, 9.17) is 44.3 Å². The van der Waals surface area contributed by atoms with E-state index >= 15 is 0 Å². The Morgan fingerprint density at radius 3 is 2.17 bits per heavy atom. The van der Waals surface area contributed by atoms with Gasteiger partial charge < -0.3 is 14.8 Å². The first kappa shape index (κ1) is 23.7. The monoisotopic (exact) mass is 471 g/mol.